The summed E-state index contributed by atoms with van der Waals surface area (Å²) < 4.78 is 40.6. The molecule has 3 aromatic rings. The molecule has 0 bridgehead atoms. The predicted octanol–water partition coefficient (Wildman–Crippen LogP) is 3.92. The third kappa shape index (κ3) is 7.75. The fourth-order valence-electron chi connectivity index (χ4n) is 4.83. The number of hydrogen-bond donors (Lipinski definition) is 1. The van der Waals surface area contributed by atoms with E-state index >= 15 is 0 Å². The van der Waals surface area contributed by atoms with Crippen molar-refractivity contribution < 1.29 is 27.5 Å². The van der Waals surface area contributed by atoms with Crippen LogP contribution in [0, 0.1) is 12.8 Å². The van der Waals surface area contributed by atoms with Crippen LogP contribution in [0.15, 0.2) is 83.8 Å². The number of benzene rings is 3. The van der Waals surface area contributed by atoms with Gasteiger partial charge in [0.15, 0.2) is 11.7 Å². The number of nitrogens with zero attached hydrogens (tertiary/aromatic N) is 2. The normalized spacial score (nSPS) is 15.9. The number of sulfonamides is 1. The highest BCUT2D eigenvalue weighted by atomic mass is 35.5. The van der Waals surface area contributed by atoms with Crippen LogP contribution in [0.1, 0.15) is 30.5 Å². The third-order valence-corrected chi connectivity index (χ3v) is 9.11. The fraction of sp³-hybridized carbons (Fsp3) is 0.375. The molecule has 3 aromatic carbocycles. The zero-order valence-electron chi connectivity index (χ0n) is 25.1. The largest absolute Gasteiger partial charge is 0.480 e. The Morgan fingerprint density at radius 3 is 2.19 bits per heavy atom. The summed E-state index contributed by atoms with van der Waals surface area (Å²) in [4.78, 5) is 26.6. The lowest BCUT2D eigenvalue weighted by Crippen LogP contribution is -2.64. The molecule has 0 radical (unpaired) electrons. The minimum Gasteiger partial charge on any atom is -0.480 e. The number of aryl methyl sites for hydroxylation is 1. The van der Waals surface area contributed by atoms with Crippen molar-refractivity contribution in [1.29, 1.82) is 0 Å². The number of likely N-dealkylation sites (N-methyl/N-ethyl adjacent to an activating group) is 1. The monoisotopic (exact) mass is 629 g/mol. The Balaban J connectivity index is 0.00000506. The third-order valence-electron chi connectivity index (χ3n) is 7.32. The van der Waals surface area contributed by atoms with Gasteiger partial charge in [0.2, 0.25) is 10.0 Å². The van der Waals surface area contributed by atoms with Crippen molar-refractivity contribution >= 4 is 34.3 Å². The summed E-state index contributed by atoms with van der Waals surface area (Å²) in [5.74, 6) is -0.623. The van der Waals surface area contributed by atoms with Crippen LogP contribution in [-0.2, 0) is 36.4 Å². The molecule has 1 fully saturated rings. The predicted molar refractivity (Wildman–Crippen MR) is 167 cm³/mol. The van der Waals surface area contributed by atoms with Gasteiger partial charge < -0.3 is 20.1 Å². The van der Waals surface area contributed by atoms with Crippen molar-refractivity contribution in [1.82, 2.24) is 9.21 Å². The van der Waals surface area contributed by atoms with Gasteiger partial charge in [0.05, 0.1) is 18.0 Å². The molecule has 2 N–H and O–H groups in total. The lowest BCUT2D eigenvalue weighted by atomic mass is 9.87. The summed E-state index contributed by atoms with van der Waals surface area (Å²) in [6.45, 7) is 5.84. The number of carbonyl (C=O) groups is 2. The first-order valence-corrected chi connectivity index (χ1v) is 15.3. The molecule has 1 unspecified atom stereocenters. The van der Waals surface area contributed by atoms with Crippen molar-refractivity contribution in [3.8, 4) is 5.75 Å². The van der Waals surface area contributed by atoms with E-state index in [0.29, 0.717) is 11.3 Å². The standard InChI is InChI=1S/C32H39N3O6S.ClH/c1-22(2)29(30(36)34(4)5)40-31(37)28(33)19-24-10-9-13-27(18-24)42(38,39)35-20-32(21-35,25-11-7-6-8-12-25)41-26-16-14-23(3)15-17-26;/h6-18,22,28-29H,19-21,33H2,1-5H3;1H/t28-,29?;/m0./s1. The molecule has 1 amide bonds. The van der Waals surface area contributed by atoms with Crippen LogP contribution in [0.3, 0.4) is 0 Å². The number of ether oxygens (including phenoxy) is 2. The Bertz CT molecular complexity index is 1510. The van der Waals surface area contributed by atoms with Gasteiger partial charge in [-0.1, -0.05) is 74.0 Å². The summed E-state index contributed by atoms with van der Waals surface area (Å²) in [7, 11) is -0.681. The summed E-state index contributed by atoms with van der Waals surface area (Å²) in [6.07, 6.45) is -0.906. The zero-order valence-corrected chi connectivity index (χ0v) is 26.7. The van der Waals surface area contributed by atoms with Crippen LogP contribution >= 0.6 is 12.4 Å². The smallest absolute Gasteiger partial charge is 0.324 e. The number of hydrogen-bond acceptors (Lipinski definition) is 7. The summed E-state index contributed by atoms with van der Waals surface area (Å²) in [5.41, 5.74) is 7.86. The van der Waals surface area contributed by atoms with Crippen molar-refractivity contribution in [2.45, 2.75) is 49.8 Å². The maximum absolute atomic E-state index is 13.7. The average Bonchev–Trinajstić information content (AvgIpc) is 2.94. The van der Waals surface area contributed by atoms with E-state index < -0.39 is 33.7 Å². The maximum atomic E-state index is 13.7. The summed E-state index contributed by atoms with van der Waals surface area (Å²) >= 11 is 0. The highest BCUT2D eigenvalue weighted by Gasteiger charge is 2.52. The van der Waals surface area contributed by atoms with Gasteiger partial charge in [-0.25, -0.2) is 8.42 Å². The molecule has 1 aliphatic rings. The Hall–Kier alpha value is -3.44. The van der Waals surface area contributed by atoms with Crippen molar-refractivity contribution in [3.05, 3.63) is 95.6 Å². The average molecular weight is 630 g/mol. The molecule has 232 valence electrons. The fourth-order valence-corrected chi connectivity index (χ4v) is 6.44. The minimum atomic E-state index is -3.86. The molecule has 0 spiro atoms. The van der Waals surface area contributed by atoms with E-state index in [4.69, 9.17) is 15.2 Å². The first kappa shape index (κ1) is 34.1. The van der Waals surface area contributed by atoms with Gasteiger partial charge in [0, 0.05) is 14.1 Å². The van der Waals surface area contributed by atoms with Gasteiger partial charge in [-0.2, -0.15) is 4.31 Å². The van der Waals surface area contributed by atoms with Crippen LogP contribution in [0.5, 0.6) is 5.75 Å². The van der Waals surface area contributed by atoms with E-state index in [1.165, 1.54) is 21.3 Å². The highest BCUT2D eigenvalue weighted by Crippen LogP contribution is 2.40. The van der Waals surface area contributed by atoms with Crippen LogP contribution in [-0.4, -0.2) is 68.8 Å². The van der Waals surface area contributed by atoms with Crippen molar-refractivity contribution in [2.24, 2.45) is 11.7 Å². The van der Waals surface area contributed by atoms with Gasteiger partial charge in [0.1, 0.15) is 11.8 Å². The lowest BCUT2D eigenvalue weighted by Gasteiger charge is -2.48. The topological polar surface area (TPSA) is 119 Å². The van der Waals surface area contributed by atoms with Crippen molar-refractivity contribution in [2.75, 3.05) is 27.2 Å². The summed E-state index contributed by atoms with van der Waals surface area (Å²) in [5, 5.41) is 0. The molecule has 2 atom stereocenters. The van der Waals surface area contributed by atoms with Crippen LogP contribution < -0.4 is 10.5 Å². The molecule has 43 heavy (non-hydrogen) atoms. The van der Waals surface area contributed by atoms with E-state index in [0.717, 1.165) is 11.1 Å². The molecule has 1 saturated heterocycles. The van der Waals surface area contributed by atoms with E-state index in [2.05, 4.69) is 0 Å². The van der Waals surface area contributed by atoms with E-state index in [1.807, 2.05) is 61.5 Å². The molecule has 1 aliphatic heterocycles. The van der Waals surface area contributed by atoms with E-state index in [-0.39, 0.29) is 48.6 Å². The molecular weight excluding hydrogens is 590 g/mol. The molecule has 1 heterocycles. The first-order chi connectivity index (χ1) is 19.8. The Kier molecular flexibility index (Phi) is 11.0. The second-order valence-corrected chi connectivity index (χ2v) is 13.3. The molecule has 0 saturated carbocycles. The maximum Gasteiger partial charge on any atom is 0.324 e. The number of esters is 1. The number of amides is 1. The van der Waals surface area contributed by atoms with Gasteiger partial charge >= 0.3 is 5.97 Å². The number of carbonyl (C=O) groups excluding carboxylic acids is 2. The van der Waals surface area contributed by atoms with Crippen LogP contribution in [0.4, 0.5) is 0 Å². The molecule has 9 nitrogen and oxygen atoms in total. The van der Waals surface area contributed by atoms with Crippen LogP contribution in [0.25, 0.3) is 0 Å². The summed E-state index contributed by atoms with van der Waals surface area (Å²) in [6, 6.07) is 22.6. The Morgan fingerprint density at radius 2 is 1.60 bits per heavy atom. The lowest BCUT2D eigenvalue weighted by molar-refractivity contribution is -0.163. The molecule has 4 rings (SSSR count). The molecule has 0 aliphatic carbocycles. The van der Waals surface area contributed by atoms with E-state index in [1.54, 1.807) is 40.1 Å². The van der Waals surface area contributed by atoms with Gasteiger partial charge in [-0.05, 0) is 54.7 Å². The minimum absolute atomic E-state index is 0. The number of nitrogens with two attached hydrogens (primary N) is 1. The molecular formula is C32H40ClN3O6S. The number of rotatable bonds is 11. The van der Waals surface area contributed by atoms with Gasteiger partial charge in [0.25, 0.3) is 5.91 Å². The van der Waals surface area contributed by atoms with Crippen LogP contribution in [0.2, 0.25) is 0 Å². The second kappa shape index (κ2) is 13.9. The zero-order chi connectivity index (χ0) is 30.7. The molecule has 11 heteroatoms. The van der Waals surface area contributed by atoms with Gasteiger partial charge in [-0.3, -0.25) is 9.59 Å². The SMILES string of the molecule is Cc1ccc(OC2(c3ccccc3)CN(S(=O)(=O)c3cccc(C[C@H](N)C(=O)OC(C(=O)N(C)C)C(C)C)c3)C2)cc1.Cl. The van der Waals surface area contributed by atoms with Gasteiger partial charge in [-0.15, -0.1) is 12.4 Å². The first-order valence-electron chi connectivity index (χ1n) is 13.9. The highest BCUT2D eigenvalue weighted by molar-refractivity contribution is 7.89. The quantitative estimate of drug-likeness (QED) is 0.319. The Labute approximate surface area is 260 Å². The van der Waals surface area contributed by atoms with Crippen molar-refractivity contribution in [3.63, 3.8) is 0 Å². The van der Waals surface area contributed by atoms with E-state index in [9.17, 15) is 18.0 Å². The molecule has 0 aromatic heterocycles. The second-order valence-electron chi connectivity index (χ2n) is 11.3. The Morgan fingerprint density at radius 1 is 0.977 bits per heavy atom. The number of halogens is 1.